The van der Waals surface area contributed by atoms with Crippen molar-refractivity contribution < 1.29 is 4.79 Å². The molecule has 0 saturated carbocycles. The van der Waals surface area contributed by atoms with Gasteiger partial charge in [0.25, 0.3) is 0 Å². The topological polar surface area (TPSA) is 36.4 Å². The molecule has 0 spiro atoms. The molecule has 2 saturated heterocycles. The number of carbonyl (C=O) groups is 1. The normalized spacial score (nSPS) is 30.1. The first-order valence-corrected chi connectivity index (χ1v) is 6.52. The van der Waals surface area contributed by atoms with Gasteiger partial charge in [0, 0.05) is 43.7 Å². The van der Waals surface area contributed by atoms with Crippen LogP contribution in [0.25, 0.3) is 0 Å². The summed E-state index contributed by atoms with van der Waals surface area (Å²) in [7, 11) is 1.93. The summed E-state index contributed by atoms with van der Waals surface area (Å²) in [5.74, 6) is 0.291. The van der Waals surface area contributed by atoms with E-state index < -0.39 is 0 Å². The maximum atomic E-state index is 11.6. The summed E-state index contributed by atoms with van der Waals surface area (Å²) in [6, 6.07) is 0.855. The fourth-order valence-electron chi connectivity index (χ4n) is 2.83. The van der Waals surface area contributed by atoms with E-state index in [-0.39, 0.29) is 0 Å². The van der Waals surface area contributed by atoms with Crippen molar-refractivity contribution in [2.75, 3.05) is 13.6 Å². The Balaban J connectivity index is 1.72. The van der Waals surface area contributed by atoms with Crippen molar-refractivity contribution >= 4 is 17.2 Å². The van der Waals surface area contributed by atoms with Crippen molar-refractivity contribution in [1.82, 2.24) is 14.8 Å². The van der Waals surface area contributed by atoms with Crippen LogP contribution in [0.1, 0.15) is 17.8 Å². The number of thiazole rings is 1. The molecule has 1 aromatic heterocycles. The lowest BCUT2D eigenvalue weighted by Crippen LogP contribution is -2.34. The van der Waals surface area contributed by atoms with Crippen LogP contribution in [0, 0.1) is 0 Å². The Kier molecular flexibility index (Phi) is 2.44. The van der Waals surface area contributed by atoms with Gasteiger partial charge in [-0.05, 0) is 6.42 Å². The summed E-state index contributed by atoms with van der Waals surface area (Å²) in [4.78, 5) is 20.3. The second-order valence-corrected chi connectivity index (χ2v) is 5.51. The summed E-state index contributed by atoms with van der Waals surface area (Å²) in [5, 5.41) is 3.16. The van der Waals surface area contributed by atoms with Gasteiger partial charge in [-0.2, -0.15) is 0 Å². The highest BCUT2D eigenvalue weighted by molar-refractivity contribution is 7.09. The van der Waals surface area contributed by atoms with Crippen molar-refractivity contribution in [3.8, 4) is 0 Å². The maximum Gasteiger partial charge on any atom is 0.224 e. The van der Waals surface area contributed by atoms with Crippen LogP contribution in [0.5, 0.6) is 0 Å². The minimum Gasteiger partial charge on any atom is -0.341 e. The third kappa shape index (κ3) is 1.55. The van der Waals surface area contributed by atoms with E-state index in [0.29, 0.717) is 24.4 Å². The highest BCUT2D eigenvalue weighted by Crippen LogP contribution is 2.32. The number of likely N-dealkylation sites (tertiary alicyclic amines) is 2. The number of likely N-dealkylation sites (N-methyl/N-ethyl adjacent to an activating group) is 1. The zero-order valence-corrected chi connectivity index (χ0v) is 10.1. The SMILES string of the molecule is CN1C(=O)C[C@H]2[C@H]1CCN2Cc1nccs1. The van der Waals surface area contributed by atoms with Crippen molar-refractivity contribution in [2.45, 2.75) is 31.5 Å². The van der Waals surface area contributed by atoms with E-state index >= 15 is 0 Å². The number of carbonyl (C=O) groups excluding carboxylic acids is 1. The fraction of sp³-hybridized carbons (Fsp3) is 0.636. The van der Waals surface area contributed by atoms with Crippen LogP contribution in [0.15, 0.2) is 11.6 Å². The molecule has 2 aliphatic rings. The Morgan fingerprint density at radius 2 is 2.44 bits per heavy atom. The third-order valence-electron chi connectivity index (χ3n) is 3.72. The zero-order valence-electron chi connectivity index (χ0n) is 9.30. The molecule has 1 amide bonds. The predicted molar refractivity (Wildman–Crippen MR) is 62.1 cm³/mol. The summed E-state index contributed by atoms with van der Waals surface area (Å²) in [6.07, 6.45) is 3.64. The number of nitrogens with zero attached hydrogens (tertiary/aromatic N) is 3. The lowest BCUT2D eigenvalue weighted by molar-refractivity contribution is -0.127. The molecular formula is C11H15N3OS. The molecular weight excluding hydrogens is 222 g/mol. The molecule has 3 rings (SSSR count). The van der Waals surface area contributed by atoms with Crippen LogP contribution in [0.2, 0.25) is 0 Å². The standard InChI is InChI=1S/C11H15N3OS/c1-13-8-2-4-14(9(8)6-11(13)15)7-10-12-3-5-16-10/h3,5,8-9H,2,4,6-7H2,1H3/t8-,9+/m1/s1. The van der Waals surface area contributed by atoms with Crippen molar-refractivity contribution in [3.63, 3.8) is 0 Å². The molecule has 2 atom stereocenters. The second kappa shape index (κ2) is 3.82. The number of fused-ring (bicyclic) bond motifs is 1. The van der Waals surface area contributed by atoms with Crippen molar-refractivity contribution in [3.05, 3.63) is 16.6 Å². The van der Waals surface area contributed by atoms with E-state index in [1.165, 1.54) is 0 Å². The van der Waals surface area contributed by atoms with Crippen LogP contribution in [-0.4, -0.2) is 46.4 Å². The van der Waals surface area contributed by atoms with E-state index in [1.807, 2.05) is 23.5 Å². The van der Waals surface area contributed by atoms with E-state index in [9.17, 15) is 4.79 Å². The highest BCUT2D eigenvalue weighted by Gasteiger charge is 2.44. The lowest BCUT2D eigenvalue weighted by Gasteiger charge is -2.22. The van der Waals surface area contributed by atoms with Gasteiger partial charge in [0.2, 0.25) is 5.91 Å². The molecule has 2 fully saturated rings. The first-order valence-electron chi connectivity index (χ1n) is 5.64. The van der Waals surface area contributed by atoms with Gasteiger partial charge in [-0.15, -0.1) is 11.3 Å². The van der Waals surface area contributed by atoms with Crippen molar-refractivity contribution in [1.29, 1.82) is 0 Å². The summed E-state index contributed by atoms with van der Waals surface area (Å²) in [6.45, 7) is 1.99. The minimum atomic E-state index is 0.291. The molecule has 0 radical (unpaired) electrons. The highest BCUT2D eigenvalue weighted by atomic mass is 32.1. The van der Waals surface area contributed by atoms with E-state index in [2.05, 4.69) is 9.88 Å². The van der Waals surface area contributed by atoms with Crippen molar-refractivity contribution in [2.24, 2.45) is 0 Å². The number of hydrogen-bond acceptors (Lipinski definition) is 4. The fourth-order valence-corrected chi connectivity index (χ4v) is 3.47. The summed E-state index contributed by atoms with van der Waals surface area (Å²) < 4.78 is 0. The summed E-state index contributed by atoms with van der Waals surface area (Å²) >= 11 is 1.69. The Hall–Kier alpha value is -0.940. The number of hydrogen-bond donors (Lipinski definition) is 0. The molecule has 3 heterocycles. The van der Waals surface area contributed by atoms with Crippen LogP contribution < -0.4 is 0 Å². The third-order valence-corrected chi connectivity index (χ3v) is 4.49. The molecule has 0 aromatic carbocycles. The summed E-state index contributed by atoms with van der Waals surface area (Å²) in [5.41, 5.74) is 0. The molecule has 16 heavy (non-hydrogen) atoms. The van der Waals surface area contributed by atoms with Crippen LogP contribution in [0.4, 0.5) is 0 Å². The van der Waals surface area contributed by atoms with Crippen LogP contribution >= 0.6 is 11.3 Å². The van der Waals surface area contributed by atoms with Gasteiger partial charge in [-0.25, -0.2) is 4.98 Å². The van der Waals surface area contributed by atoms with Gasteiger partial charge in [-0.1, -0.05) is 0 Å². The molecule has 0 bridgehead atoms. The Morgan fingerprint density at radius 1 is 1.56 bits per heavy atom. The zero-order chi connectivity index (χ0) is 11.1. The number of amides is 1. The average molecular weight is 237 g/mol. The van der Waals surface area contributed by atoms with Gasteiger partial charge >= 0.3 is 0 Å². The van der Waals surface area contributed by atoms with Gasteiger partial charge in [-0.3, -0.25) is 9.69 Å². The van der Waals surface area contributed by atoms with E-state index in [1.54, 1.807) is 11.3 Å². The van der Waals surface area contributed by atoms with Gasteiger partial charge < -0.3 is 4.90 Å². The van der Waals surface area contributed by atoms with Crippen LogP contribution in [0.3, 0.4) is 0 Å². The quantitative estimate of drug-likeness (QED) is 0.768. The molecule has 86 valence electrons. The molecule has 0 N–H and O–H groups in total. The minimum absolute atomic E-state index is 0.291. The number of rotatable bonds is 2. The first kappa shape index (κ1) is 10.2. The molecule has 4 nitrogen and oxygen atoms in total. The Morgan fingerprint density at radius 3 is 3.19 bits per heavy atom. The number of aromatic nitrogens is 1. The average Bonchev–Trinajstić information content (AvgIpc) is 2.93. The van der Waals surface area contributed by atoms with E-state index in [4.69, 9.17) is 0 Å². The lowest BCUT2D eigenvalue weighted by atomic mass is 10.1. The van der Waals surface area contributed by atoms with Gasteiger partial charge in [0.15, 0.2) is 0 Å². The molecule has 0 aliphatic carbocycles. The maximum absolute atomic E-state index is 11.6. The Labute approximate surface area is 98.9 Å². The largest absolute Gasteiger partial charge is 0.341 e. The van der Waals surface area contributed by atoms with Gasteiger partial charge in [0.1, 0.15) is 5.01 Å². The molecule has 2 aliphatic heterocycles. The van der Waals surface area contributed by atoms with Gasteiger partial charge in [0.05, 0.1) is 6.54 Å². The first-order chi connectivity index (χ1) is 7.75. The molecule has 0 unspecified atom stereocenters. The van der Waals surface area contributed by atoms with E-state index in [0.717, 1.165) is 24.5 Å². The molecule has 5 heteroatoms. The molecule has 1 aromatic rings. The monoisotopic (exact) mass is 237 g/mol. The smallest absolute Gasteiger partial charge is 0.224 e. The van der Waals surface area contributed by atoms with Crippen LogP contribution in [-0.2, 0) is 11.3 Å². The Bertz CT molecular complexity index is 392. The second-order valence-electron chi connectivity index (χ2n) is 4.53. The predicted octanol–water partition coefficient (Wildman–Crippen LogP) is 0.948.